The fourth-order valence-corrected chi connectivity index (χ4v) is 4.76. The van der Waals surface area contributed by atoms with Gasteiger partial charge in [-0.05, 0) is 66.7 Å². The van der Waals surface area contributed by atoms with Crippen molar-refractivity contribution in [1.29, 1.82) is 0 Å². The summed E-state index contributed by atoms with van der Waals surface area (Å²) in [4.78, 5) is 11.3. The van der Waals surface area contributed by atoms with Gasteiger partial charge in [0.25, 0.3) is 0 Å². The number of nitrogens with zero attached hydrogens (tertiary/aromatic N) is 3. The largest absolute Gasteiger partial charge is 0.393 e. The minimum atomic E-state index is 0.0887. The van der Waals surface area contributed by atoms with E-state index in [-0.39, 0.29) is 11.1 Å². The summed E-state index contributed by atoms with van der Waals surface area (Å²) in [6.45, 7) is 12.3. The van der Waals surface area contributed by atoms with Crippen LogP contribution >= 0.6 is 0 Å². The van der Waals surface area contributed by atoms with Gasteiger partial charge in [-0.15, -0.1) is 0 Å². The van der Waals surface area contributed by atoms with Crippen LogP contribution in [-0.4, -0.2) is 39.7 Å². The Morgan fingerprint density at radius 2 is 1.84 bits per heavy atom. The Labute approximate surface area is 152 Å². The van der Waals surface area contributed by atoms with Crippen molar-refractivity contribution in [2.75, 3.05) is 22.5 Å². The molecule has 0 aliphatic carbocycles. The molecule has 1 atom stereocenters. The highest BCUT2D eigenvalue weighted by molar-refractivity contribution is 5.75. The molecule has 2 fully saturated rings. The predicted octanol–water partition coefficient (Wildman–Crippen LogP) is 3.16. The molecule has 0 radical (unpaired) electrons. The van der Waals surface area contributed by atoms with Crippen molar-refractivity contribution >= 4 is 17.3 Å². The van der Waals surface area contributed by atoms with E-state index in [4.69, 9.17) is 5.73 Å². The lowest BCUT2D eigenvalue weighted by Crippen LogP contribution is -2.60. The number of nitrogens with one attached hydrogen (secondary N) is 2. The maximum Gasteiger partial charge on any atom is 0.157 e. The molecule has 0 amide bonds. The number of hydrogen-bond acceptors (Lipinski definition) is 6. The topological polar surface area (TPSA) is 79.1 Å². The summed E-state index contributed by atoms with van der Waals surface area (Å²) in [5.74, 6) is 1.67. The van der Waals surface area contributed by atoms with Gasteiger partial charge in [0.15, 0.2) is 11.6 Å². The van der Waals surface area contributed by atoms with E-state index in [2.05, 4.69) is 60.1 Å². The van der Waals surface area contributed by atoms with Gasteiger partial charge in [0.2, 0.25) is 0 Å². The quantitative estimate of drug-likeness (QED) is 0.780. The second-order valence-electron chi connectivity index (χ2n) is 9.14. The average Bonchev–Trinajstić information content (AvgIpc) is 2.47. The zero-order chi connectivity index (χ0) is 18.2. The van der Waals surface area contributed by atoms with Gasteiger partial charge in [-0.1, -0.05) is 0 Å². The van der Waals surface area contributed by atoms with Crippen LogP contribution < -0.4 is 21.3 Å². The molecule has 0 spiro atoms. The molecule has 0 bridgehead atoms. The lowest BCUT2D eigenvalue weighted by molar-refractivity contribution is 0.170. The Hall–Kier alpha value is -1.56. The second kappa shape index (κ2) is 6.63. The van der Waals surface area contributed by atoms with Crippen LogP contribution in [0.25, 0.3) is 0 Å². The zero-order valence-corrected chi connectivity index (χ0v) is 16.4. The van der Waals surface area contributed by atoms with E-state index in [0.29, 0.717) is 17.8 Å². The summed E-state index contributed by atoms with van der Waals surface area (Å²) in [6, 6.07) is 0.825. The first kappa shape index (κ1) is 18.2. The molecule has 3 rings (SSSR count). The number of rotatable bonds is 3. The summed E-state index contributed by atoms with van der Waals surface area (Å²) in [5, 5.41) is 7.33. The molecule has 1 aromatic heterocycles. The molecule has 25 heavy (non-hydrogen) atoms. The Balaban J connectivity index is 1.80. The minimum absolute atomic E-state index is 0.0887. The van der Waals surface area contributed by atoms with Crippen molar-refractivity contribution < 1.29 is 0 Å². The number of anilines is 3. The highest BCUT2D eigenvalue weighted by Gasteiger charge is 2.38. The first-order valence-corrected chi connectivity index (χ1v) is 9.60. The number of hydrogen-bond donors (Lipinski definition) is 3. The third-order valence-corrected chi connectivity index (χ3v) is 5.47. The van der Waals surface area contributed by atoms with Crippen LogP contribution in [0.15, 0.2) is 6.33 Å². The normalized spacial score (nSPS) is 26.4. The maximum atomic E-state index is 6.48. The first-order valence-electron chi connectivity index (χ1n) is 9.60. The molecule has 0 aromatic carbocycles. The van der Waals surface area contributed by atoms with E-state index in [1.165, 1.54) is 19.3 Å². The average molecular weight is 347 g/mol. The highest BCUT2D eigenvalue weighted by Crippen LogP contribution is 2.34. The van der Waals surface area contributed by atoms with Crippen LogP contribution in [0, 0.1) is 0 Å². The molecule has 4 N–H and O–H groups in total. The molecule has 3 heterocycles. The number of piperidine rings is 2. The smallest absolute Gasteiger partial charge is 0.157 e. The molecule has 2 aliphatic heterocycles. The molecule has 1 aromatic rings. The predicted molar refractivity (Wildman–Crippen MR) is 105 cm³/mol. The number of aromatic nitrogens is 2. The van der Waals surface area contributed by atoms with Crippen LogP contribution in [0.5, 0.6) is 0 Å². The van der Waals surface area contributed by atoms with Gasteiger partial charge in [-0.3, -0.25) is 0 Å². The molecule has 2 aliphatic rings. The lowest BCUT2D eigenvalue weighted by Gasteiger charge is -2.46. The molecular formula is C19H34N6. The standard InChI is InChI=1S/C19H34N6/c1-13-8-6-7-9-25(13)17-15(20)16(21-12-22-17)23-14-10-18(2,3)24-19(4,5)11-14/h12-14,24H,6-11,20H2,1-5H3,(H,21,22,23). The Morgan fingerprint density at radius 3 is 2.48 bits per heavy atom. The fraction of sp³-hybridized carbons (Fsp3) is 0.789. The Morgan fingerprint density at radius 1 is 1.16 bits per heavy atom. The monoisotopic (exact) mass is 346 g/mol. The molecule has 6 heteroatoms. The summed E-state index contributed by atoms with van der Waals surface area (Å²) in [6.07, 6.45) is 7.40. The Bertz CT molecular complexity index is 596. The molecule has 1 unspecified atom stereocenters. The van der Waals surface area contributed by atoms with Crippen LogP contribution in [-0.2, 0) is 0 Å². The van der Waals surface area contributed by atoms with E-state index in [9.17, 15) is 0 Å². The summed E-state index contributed by atoms with van der Waals surface area (Å²) in [5.41, 5.74) is 7.35. The molecule has 6 nitrogen and oxygen atoms in total. The SMILES string of the molecule is CC1CCCCN1c1ncnc(NC2CC(C)(C)NC(C)(C)C2)c1N. The van der Waals surface area contributed by atoms with Crippen LogP contribution in [0.2, 0.25) is 0 Å². The van der Waals surface area contributed by atoms with Gasteiger partial charge in [0.05, 0.1) is 0 Å². The van der Waals surface area contributed by atoms with Gasteiger partial charge >= 0.3 is 0 Å². The molecular weight excluding hydrogens is 312 g/mol. The van der Waals surface area contributed by atoms with Gasteiger partial charge in [0, 0.05) is 29.7 Å². The van der Waals surface area contributed by atoms with E-state index in [1.54, 1.807) is 6.33 Å². The molecule has 2 saturated heterocycles. The van der Waals surface area contributed by atoms with Gasteiger partial charge in [-0.25, -0.2) is 9.97 Å². The second-order valence-corrected chi connectivity index (χ2v) is 9.14. The van der Waals surface area contributed by atoms with Crippen LogP contribution in [0.4, 0.5) is 17.3 Å². The van der Waals surface area contributed by atoms with Gasteiger partial charge < -0.3 is 21.3 Å². The van der Waals surface area contributed by atoms with E-state index < -0.39 is 0 Å². The fourth-order valence-electron chi connectivity index (χ4n) is 4.76. The maximum absolute atomic E-state index is 6.48. The Kier molecular flexibility index (Phi) is 4.84. The summed E-state index contributed by atoms with van der Waals surface area (Å²) >= 11 is 0. The number of nitrogens with two attached hydrogens (primary N) is 1. The summed E-state index contributed by atoms with van der Waals surface area (Å²) in [7, 11) is 0. The number of nitrogen functional groups attached to an aromatic ring is 1. The first-order chi connectivity index (χ1) is 11.7. The van der Waals surface area contributed by atoms with E-state index >= 15 is 0 Å². The van der Waals surface area contributed by atoms with E-state index in [0.717, 1.165) is 31.0 Å². The third-order valence-electron chi connectivity index (χ3n) is 5.47. The van der Waals surface area contributed by atoms with Crippen molar-refractivity contribution in [2.45, 2.75) is 89.9 Å². The van der Waals surface area contributed by atoms with Crippen LogP contribution in [0.3, 0.4) is 0 Å². The van der Waals surface area contributed by atoms with Crippen molar-refractivity contribution in [1.82, 2.24) is 15.3 Å². The minimum Gasteiger partial charge on any atom is -0.393 e. The van der Waals surface area contributed by atoms with Crippen LogP contribution in [0.1, 0.15) is 66.7 Å². The van der Waals surface area contributed by atoms with Crippen molar-refractivity contribution in [3.05, 3.63) is 6.33 Å². The van der Waals surface area contributed by atoms with E-state index in [1.807, 2.05) is 0 Å². The van der Waals surface area contributed by atoms with Gasteiger partial charge in [0.1, 0.15) is 12.0 Å². The highest BCUT2D eigenvalue weighted by atomic mass is 15.2. The lowest BCUT2D eigenvalue weighted by atomic mass is 9.79. The third kappa shape index (κ3) is 4.17. The summed E-state index contributed by atoms with van der Waals surface area (Å²) < 4.78 is 0. The molecule has 140 valence electrons. The zero-order valence-electron chi connectivity index (χ0n) is 16.4. The van der Waals surface area contributed by atoms with Crippen molar-refractivity contribution in [3.63, 3.8) is 0 Å². The molecule has 0 saturated carbocycles. The van der Waals surface area contributed by atoms with Gasteiger partial charge in [-0.2, -0.15) is 0 Å². The van der Waals surface area contributed by atoms with Crippen molar-refractivity contribution in [2.24, 2.45) is 0 Å². The van der Waals surface area contributed by atoms with Crippen molar-refractivity contribution in [3.8, 4) is 0 Å².